The van der Waals surface area contributed by atoms with E-state index in [9.17, 15) is 4.39 Å². The van der Waals surface area contributed by atoms with Crippen molar-refractivity contribution in [2.45, 2.75) is 124 Å². The zero-order valence-electron chi connectivity index (χ0n) is 28.1. The van der Waals surface area contributed by atoms with Gasteiger partial charge in [0.2, 0.25) is 0 Å². The summed E-state index contributed by atoms with van der Waals surface area (Å²) in [5.74, 6) is 2.70. The summed E-state index contributed by atoms with van der Waals surface area (Å²) < 4.78 is 24.9. The molecule has 0 amide bonds. The second-order valence-electron chi connectivity index (χ2n) is 18.3. The van der Waals surface area contributed by atoms with Crippen LogP contribution in [-0.4, -0.2) is 22.6 Å². The Morgan fingerprint density at radius 1 is 0.884 bits per heavy atom. The molecule has 1 aromatic carbocycles. The van der Waals surface area contributed by atoms with Crippen molar-refractivity contribution in [2.24, 2.45) is 57.8 Å². The molecule has 5 fully saturated rings. The van der Waals surface area contributed by atoms with Crippen molar-refractivity contribution >= 4 is 0 Å². The van der Waals surface area contributed by atoms with Crippen molar-refractivity contribution in [1.29, 1.82) is 0 Å². The third-order valence-corrected chi connectivity index (χ3v) is 15.8. The molecule has 1 aliphatic heterocycles. The van der Waals surface area contributed by atoms with E-state index in [2.05, 4.69) is 64.9 Å². The number of nitrogens with zero attached hydrogens (tertiary/aromatic N) is 3. The molecular weight excluding hydrogens is 533 g/mol. The zero-order valence-corrected chi connectivity index (χ0v) is 28.1. The van der Waals surface area contributed by atoms with Crippen LogP contribution < -0.4 is 4.68 Å². The standard InChI is InChI=1S/C38H55FN3O/c1-33(2)17-19-38-20-18-36(6)26(30(38)32(33)43-23-38)13-14-29-35(5)21-27-31(34(3,4)28(35)15-16-37(29,36)7)42(40-41(27)8)22-24-9-11-25(39)12-10-24/h9-12,26,28-30,32H,13-23H2,1-8H3/q+1/t26-,28+,29-,30+,32-,35+,36-,37-,38-/m1/s1. The van der Waals surface area contributed by atoms with Crippen molar-refractivity contribution in [1.82, 2.24) is 9.90 Å². The minimum Gasteiger partial charge on any atom is -0.377 e. The quantitative estimate of drug-likeness (QED) is 0.335. The predicted octanol–water partition coefficient (Wildman–Crippen LogP) is 7.80. The second-order valence-corrected chi connectivity index (χ2v) is 18.3. The number of halogens is 1. The molecule has 6 aliphatic rings. The van der Waals surface area contributed by atoms with Crippen LogP contribution in [0.5, 0.6) is 0 Å². The van der Waals surface area contributed by atoms with E-state index < -0.39 is 0 Å². The number of hydrogen-bond acceptors (Lipinski definition) is 2. The summed E-state index contributed by atoms with van der Waals surface area (Å²) in [5.41, 5.74) is 5.67. The molecule has 43 heavy (non-hydrogen) atoms. The Bertz CT molecular complexity index is 1460. The average molecular weight is 589 g/mol. The summed E-state index contributed by atoms with van der Waals surface area (Å²) in [6.45, 7) is 19.9. The van der Waals surface area contributed by atoms with Crippen LogP contribution in [0.1, 0.15) is 117 Å². The average Bonchev–Trinajstić information content (AvgIpc) is 3.43. The smallest absolute Gasteiger partial charge is 0.177 e. The van der Waals surface area contributed by atoms with E-state index in [0.717, 1.165) is 36.3 Å². The minimum absolute atomic E-state index is 0.0205. The van der Waals surface area contributed by atoms with Crippen molar-refractivity contribution in [3.8, 4) is 0 Å². The van der Waals surface area contributed by atoms with Gasteiger partial charge in [0.05, 0.1) is 17.9 Å². The maximum Gasteiger partial charge on any atom is 0.177 e. The third-order valence-electron chi connectivity index (χ3n) is 15.8. The topological polar surface area (TPSA) is 30.9 Å². The molecule has 1 aromatic heterocycles. The van der Waals surface area contributed by atoms with Gasteiger partial charge in [-0.15, -0.1) is 9.36 Å². The minimum atomic E-state index is -0.179. The molecule has 2 heterocycles. The lowest BCUT2D eigenvalue weighted by atomic mass is 9.31. The van der Waals surface area contributed by atoms with Gasteiger partial charge in [0.25, 0.3) is 0 Å². The van der Waals surface area contributed by atoms with Gasteiger partial charge in [0.1, 0.15) is 19.4 Å². The highest BCUT2D eigenvalue weighted by atomic mass is 19.1. The molecule has 234 valence electrons. The van der Waals surface area contributed by atoms with E-state index in [1.165, 1.54) is 62.8 Å². The Labute approximate surface area is 259 Å². The fourth-order valence-electron chi connectivity index (χ4n) is 13.6. The van der Waals surface area contributed by atoms with E-state index in [4.69, 9.17) is 9.95 Å². The summed E-state index contributed by atoms with van der Waals surface area (Å²) in [7, 11) is 2.15. The van der Waals surface area contributed by atoms with Gasteiger partial charge in [-0.1, -0.05) is 60.6 Å². The largest absolute Gasteiger partial charge is 0.377 e. The van der Waals surface area contributed by atoms with Crippen molar-refractivity contribution < 1.29 is 13.8 Å². The lowest BCUT2D eigenvalue weighted by Crippen LogP contribution is -2.68. The normalized spacial score (nSPS) is 45.4. The molecule has 0 spiro atoms. The summed E-state index contributed by atoms with van der Waals surface area (Å²) in [4.78, 5) is 0. The molecule has 9 atom stereocenters. The maximum absolute atomic E-state index is 13.7. The molecule has 8 rings (SSSR count). The number of ether oxygens (including phenoxy) is 1. The third kappa shape index (κ3) is 3.53. The van der Waals surface area contributed by atoms with Gasteiger partial charge in [-0.05, 0) is 120 Å². The molecule has 5 heteroatoms. The van der Waals surface area contributed by atoms with Gasteiger partial charge < -0.3 is 4.74 Å². The fourth-order valence-corrected chi connectivity index (χ4v) is 13.6. The first-order valence-corrected chi connectivity index (χ1v) is 17.5. The van der Waals surface area contributed by atoms with Crippen molar-refractivity contribution in [2.75, 3.05) is 6.61 Å². The van der Waals surface area contributed by atoms with Crippen LogP contribution in [0.3, 0.4) is 0 Å². The lowest BCUT2D eigenvalue weighted by molar-refractivity contribution is -0.757. The Balaban J connectivity index is 1.17. The van der Waals surface area contributed by atoms with Gasteiger partial charge in [-0.3, -0.25) is 0 Å². The van der Waals surface area contributed by atoms with Crippen LogP contribution in [0.25, 0.3) is 0 Å². The van der Waals surface area contributed by atoms with Crippen LogP contribution in [-0.2, 0) is 30.2 Å². The zero-order chi connectivity index (χ0) is 30.4. The monoisotopic (exact) mass is 588 g/mol. The summed E-state index contributed by atoms with van der Waals surface area (Å²) in [6.07, 6.45) is 12.4. The van der Waals surface area contributed by atoms with E-state index in [0.29, 0.717) is 40.2 Å². The molecule has 1 saturated heterocycles. The van der Waals surface area contributed by atoms with E-state index in [-0.39, 0.29) is 16.6 Å². The Morgan fingerprint density at radius 2 is 1.60 bits per heavy atom. The number of fused-ring (bicyclic) bond motifs is 6. The van der Waals surface area contributed by atoms with Gasteiger partial charge in [-0.2, -0.15) is 0 Å². The van der Waals surface area contributed by atoms with Crippen molar-refractivity contribution in [3.63, 3.8) is 0 Å². The Hall–Kier alpha value is -1.75. The molecule has 0 unspecified atom stereocenters. The molecular formula is C38H55FN3O+. The highest BCUT2D eigenvalue weighted by Gasteiger charge is 2.73. The highest BCUT2D eigenvalue weighted by Crippen LogP contribution is 2.77. The lowest BCUT2D eigenvalue weighted by Gasteiger charge is -2.72. The molecule has 5 aliphatic carbocycles. The number of aryl methyl sites for hydroxylation is 1. The highest BCUT2D eigenvalue weighted by molar-refractivity contribution is 5.30. The summed E-state index contributed by atoms with van der Waals surface area (Å²) in [5, 5.41) is 5.10. The van der Waals surface area contributed by atoms with E-state index >= 15 is 0 Å². The SMILES string of the molecule is Cn1n[n+](Cc2ccc(F)cc2)c2c1C[C@]1(C)[C@H]3CC[C@@H]4[C@H]5[C@H]6OC[C@@]5(CCC6(C)C)CC[C@@]4(C)[C@]3(C)CC[C@H]1C2(C)C. The molecule has 2 aromatic rings. The summed E-state index contributed by atoms with van der Waals surface area (Å²) >= 11 is 0. The van der Waals surface area contributed by atoms with Crippen LogP contribution in [0.4, 0.5) is 4.39 Å². The molecule has 0 radical (unpaired) electrons. The Morgan fingerprint density at radius 3 is 2.35 bits per heavy atom. The number of aromatic nitrogens is 3. The molecule has 0 N–H and O–H groups in total. The molecule has 2 bridgehead atoms. The van der Waals surface area contributed by atoms with Crippen LogP contribution in [0, 0.1) is 56.6 Å². The number of hydrogen-bond donors (Lipinski definition) is 0. The molecule has 4 nitrogen and oxygen atoms in total. The van der Waals surface area contributed by atoms with Gasteiger partial charge in [-0.25, -0.2) is 4.39 Å². The maximum atomic E-state index is 13.7. The van der Waals surface area contributed by atoms with Gasteiger partial charge >= 0.3 is 0 Å². The van der Waals surface area contributed by atoms with Crippen LogP contribution in [0.2, 0.25) is 0 Å². The predicted molar refractivity (Wildman–Crippen MR) is 167 cm³/mol. The first-order valence-electron chi connectivity index (χ1n) is 17.5. The second kappa shape index (κ2) is 8.74. The van der Waals surface area contributed by atoms with Gasteiger partial charge in [0, 0.05) is 11.8 Å². The van der Waals surface area contributed by atoms with E-state index in [1.807, 2.05) is 12.1 Å². The van der Waals surface area contributed by atoms with Crippen LogP contribution in [0.15, 0.2) is 24.3 Å². The number of benzene rings is 1. The first kappa shape index (κ1) is 28.7. The van der Waals surface area contributed by atoms with Gasteiger partial charge in [0.15, 0.2) is 11.4 Å². The summed E-state index contributed by atoms with van der Waals surface area (Å²) in [6, 6.07) is 6.97. The first-order chi connectivity index (χ1) is 20.2. The van der Waals surface area contributed by atoms with Crippen molar-refractivity contribution in [3.05, 3.63) is 47.0 Å². The molecule has 4 saturated carbocycles. The Kier molecular flexibility index (Phi) is 5.83. The number of rotatable bonds is 2. The van der Waals surface area contributed by atoms with E-state index in [1.54, 1.807) is 12.1 Å². The fraction of sp³-hybridized carbons (Fsp3) is 0.789. The van der Waals surface area contributed by atoms with Crippen LogP contribution >= 0.6 is 0 Å².